The average Bonchev–Trinajstić information content (AvgIpc) is 2.40. The molecule has 2 aromatic carbocycles. The van der Waals surface area contributed by atoms with E-state index >= 15 is 0 Å². The summed E-state index contributed by atoms with van der Waals surface area (Å²) in [5.41, 5.74) is 5.85. The molecule has 2 nitrogen and oxygen atoms in total. The lowest BCUT2D eigenvalue weighted by molar-refractivity contribution is 0.289. The minimum atomic E-state index is -0.674. The fraction of sp³-hybridized carbons (Fsp3) is 0.200. The zero-order valence-electron chi connectivity index (χ0n) is 10.7. The van der Waals surface area contributed by atoms with E-state index in [1.807, 2.05) is 0 Å². The van der Waals surface area contributed by atoms with E-state index in [2.05, 4.69) is 0 Å². The monoisotopic (exact) mass is 281 g/mol. The molecule has 2 N–H and O–H groups in total. The van der Waals surface area contributed by atoms with Crippen molar-refractivity contribution in [1.82, 2.24) is 0 Å². The van der Waals surface area contributed by atoms with Gasteiger partial charge in [-0.25, -0.2) is 13.2 Å². The molecule has 106 valence electrons. The first-order valence-corrected chi connectivity index (χ1v) is 6.16. The highest BCUT2D eigenvalue weighted by molar-refractivity contribution is 5.34. The molecule has 2 rings (SSSR count). The number of hydrogen-bond acceptors (Lipinski definition) is 2. The number of rotatable bonds is 5. The molecule has 0 saturated carbocycles. The van der Waals surface area contributed by atoms with Crippen LogP contribution in [0.25, 0.3) is 0 Å². The van der Waals surface area contributed by atoms with Gasteiger partial charge in [0.05, 0.1) is 5.56 Å². The third-order valence-corrected chi connectivity index (χ3v) is 2.87. The van der Waals surface area contributed by atoms with Crippen LogP contribution in [-0.2, 0) is 13.0 Å². The van der Waals surface area contributed by atoms with Gasteiger partial charge in [0.25, 0.3) is 0 Å². The molecule has 0 saturated heterocycles. The molecule has 5 heteroatoms. The highest BCUT2D eigenvalue weighted by atomic mass is 19.1. The molecule has 0 atom stereocenters. The Kier molecular flexibility index (Phi) is 4.63. The Morgan fingerprint density at radius 3 is 2.35 bits per heavy atom. The Hall–Kier alpha value is -2.01. The maximum absolute atomic E-state index is 13.5. The lowest BCUT2D eigenvalue weighted by atomic mass is 10.1. The summed E-state index contributed by atoms with van der Waals surface area (Å²) in [6.45, 7) is 0.0651. The summed E-state index contributed by atoms with van der Waals surface area (Å²) in [7, 11) is 0. The van der Waals surface area contributed by atoms with Gasteiger partial charge in [-0.1, -0.05) is 6.07 Å². The zero-order valence-corrected chi connectivity index (χ0v) is 10.7. The van der Waals surface area contributed by atoms with Gasteiger partial charge in [-0.05, 0) is 48.9 Å². The van der Waals surface area contributed by atoms with Gasteiger partial charge >= 0.3 is 0 Å². The maximum Gasteiger partial charge on any atom is 0.132 e. The van der Waals surface area contributed by atoms with Crippen LogP contribution >= 0.6 is 0 Å². The molecule has 0 radical (unpaired) electrons. The van der Waals surface area contributed by atoms with Crippen LogP contribution in [0.2, 0.25) is 0 Å². The third kappa shape index (κ3) is 3.30. The number of hydrogen-bond donors (Lipinski definition) is 1. The second-order valence-electron chi connectivity index (χ2n) is 4.28. The topological polar surface area (TPSA) is 35.2 Å². The van der Waals surface area contributed by atoms with Crippen molar-refractivity contribution in [2.45, 2.75) is 13.0 Å². The molecule has 0 unspecified atom stereocenters. The SMILES string of the molecule is NCCc1cc(F)ccc1OCc1c(F)cccc1F. The van der Waals surface area contributed by atoms with Crippen LogP contribution in [0.4, 0.5) is 13.2 Å². The van der Waals surface area contributed by atoms with Crippen molar-refractivity contribution in [1.29, 1.82) is 0 Å². The summed E-state index contributed by atoms with van der Waals surface area (Å²) in [5, 5.41) is 0. The molecule has 20 heavy (non-hydrogen) atoms. The van der Waals surface area contributed by atoms with Gasteiger partial charge in [0.1, 0.15) is 29.8 Å². The largest absolute Gasteiger partial charge is 0.488 e. The molecule has 0 amide bonds. The molecule has 0 spiro atoms. The summed E-state index contributed by atoms with van der Waals surface area (Å²) in [4.78, 5) is 0. The van der Waals surface area contributed by atoms with Crippen molar-refractivity contribution in [3.05, 3.63) is 65.0 Å². The Balaban J connectivity index is 2.18. The predicted molar refractivity (Wildman–Crippen MR) is 69.8 cm³/mol. The van der Waals surface area contributed by atoms with E-state index in [-0.39, 0.29) is 12.2 Å². The van der Waals surface area contributed by atoms with Crippen molar-refractivity contribution in [2.75, 3.05) is 6.54 Å². The first-order valence-electron chi connectivity index (χ1n) is 6.16. The smallest absolute Gasteiger partial charge is 0.132 e. The van der Waals surface area contributed by atoms with E-state index in [9.17, 15) is 13.2 Å². The highest BCUT2D eigenvalue weighted by Crippen LogP contribution is 2.22. The normalized spacial score (nSPS) is 10.6. The number of benzene rings is 2. The zero-order chi connectivity index (χ0) is 14.5. The van der Waals surface area contributed by atoms with Gasteiger partial charge < -0.3 is 10.5 Å². The molecule has 0 fully saturated rings. The highest BCUT2D eigenvalue weighted by Gasteiger charge is 2.11. The van der Waals surface area contributed by atoms with Crippen LogP contribution in [0.1, 0.15) is 11.1 Å². The van der Waals surface area contributed by atoms with Crippen LogP contribution in [0.5, 0.6) is 5.75 Å². The minimum Gasteiger partial charge on any atom is -0.488 e. The number of halogens is 3. The van der Waals surface area contributed by atoms with Crippen LogP contribution < -0.4 is 10.5 Å². The quantitative estimate of drug-likeness (QED) is 0.913. The first kappa shape index (κ1) is 14.4. The predicted octanol–water partition coefficient (Wildman–Crippen LogP) is 3.18. The standard InChI is InChI=1S/C15H14F3NO/c16-11-4-5-15(10(8-11)6-7-19)20-9-12-13(17)2-1-3-14(12)18/h1-5,8H,6-7,9,19H2. The second-order valence-corrected chi connectivity index (χ2v) is 4.28. The molecule has 0 aliphatic heterocycles. The van der Waals surface area contributed by atoms with Gasteiger partial charge in [0.15, 0.2) is 0 Å². The molecular weight excluding hydrogens is 267 g/mol. The summed E-state index contributed by atoms with van der Waals surface area (Å²) in [6, 6.07) is 7.57. The molecule has 0 aliphatic rings. The van der Waals surface area contributed by atoms with Crippen LogP contribution in [0.3, 0.4) is 0 Å². The average molecular weight is 281 g/mol. The van der Waals surface area contributed by atoms with Crippen molar-refractivity contribution < 1.29 is 17.9 Å². The molecule has 2 aromatic rings. The molecular formula is C15H14F3NO. The van der Waals surface area contributed by atoms with E-state index in [0.717, 1.165) is 12.1 Å². The van der Waals surface area contributed by atoms with Gasteiger partial charge in [0, 0.05) is 0 Å². The van der Waals surface area contributed by atoms with Crippen LogP contribution in [-0.4, -0.2) is 6.54 Å². The molecule has 0 bridgehead atoms. The summed E-state index contributed by atoms with van der Waals surface area (Å²) in [6.07, 6.45) is 0.423. The minimum absolute atomic E-state index is 0.157. The lowest BCUT2D eigenvalue weighted by Gasteiger charge is -2.12. The van der Waals surface area contributed by atoms with Gasteiger partial charge in [-0.15, -0.1) is 0 Å². The van der Waals surface area contributed by atoms with Gasteiger partial charge in [0.2, 0.25) is 0 Å². The van der Waals surface area contributed by atoms with Crippen molar-refractivity contribution in [2.24, 2.45) is 5.73 Å². The van der Waals surface area contributed by atoms with Crippen molar-refractivity contribution in [3.63, 3.8) is 0 Å². The summed E-state index contributed by atoms with van der Waals surface area (Å²) in [5.74, 6) is -1.38. The molecule has 0 aromatic heterocycles. The Bertz CT molecular complexity index is 581. The van der Waals surface area contributed by atoms with Gasteiger partial charge in [-0.2, -0.15) is 0 Å². The van der Waals surface area contributed by atoms with E-state index < -0.39 is 17.5 Å². The third-order valence-electron chi connectivity index (χ3n) is 2.87. The molecule has 0 heterocycles. The fourth-order valence-corrected chi connectivity index (χ4v) is 1.86. The molecule has 0 aliphatic carbocycles. The Morgan fingerprint density at radius 1 is 1.00 bits per heavy atom. The lowest BCUT2D eigenvalue weighted by Crippen LogP contribution is -2.07. The second kappa shape index (κ2) is 6.43. The Morgan fingerprint density at radius 2 is 1.70 bits per heavy atom. The summed E-state index contributed by atoms with van der Waals surface area (Å²) >= 11 is 0. The van der Waals surface area contributed by atoms with E-state index in [4.69, 9.17) is 10.5 Å². The van der Waals surface area contributed by atoms with Gasteiger partial charge in [-0.3, -0.25) is 0 Å². The fourth-order valence-electron chi connectivity index (χ4n) is 1.86. The number of ether oxygens (including phenoxy) is 1. The van der Waals surface area contributed by atoms with E-state index in [0.29, 0.717) is 24.3 Å². The Labute approximate surface area is 115 Å². The van der Waals surface area contributed by atoms with Crippen LogP contribution in [0.15, 0.2) is 36.4 Å². The summed E-state index contributed by atoms with van der Waals surface area (Å²) < 4.78 is 45.5. The van der Waals surface area contributed by atoms with Crippen molar-refractivity contribution in [3.8, 4) is 5.75 Å². The van der Waals surface area contributed by atoms with Crippen molar-refractivity contribution >= 4 is 0 Å². The van der Waals surface area contributed by atoms with Crippen LogP contribution in [0, 0.1) is 17.5 Å². The van der Waals surface area contributed by atoms with E-state index in [1.54, 1.807) is 0 Å². The first-order chi connectivity index (χ1) is 9.61. The maximum atomic E-state index is 13.5. The van der Waals surface area contributed by atoms with E-state index in [1.165, 1.54) is 24.3 Å². The number of nitrogens with two attached hydrogens (primary N) is 1.